The third-order valence-electron chi connectivity index (χ3n) is 2.15. The van der Waals surface area contributed by atoms with Gasteiger partial charge in [-0.25, -0.2) is 0 Å². The lowest BCUT2D eigenvalue weighted by molar-refractivity contribution is 0.0292. The van der Waals surface area contributed by atoms with Gasteiger partial charge in [0.1, 0.15) is 0 Å². The summed E-state index contributed by atoms with van der Waals surface area (Å²) in [6.45, 7) is 8.03. The molecule has 0 spiro atoms. The first-order valence-corrected chi connectivity index (χ1v) is 6.57. The van der Waals surface area contributed by atoms with E-state index in [0.717, 1.165) is 13.2 Å². The van der Waals surface area contributed by atoms with Crippen LogP contribution >= 0.6 is 0 Å². The molecule has 112 valence electrons. The van der Waals surface area contributed by atoms with Crippen molar-refractivity contribution in [2.75, 3.05) is 68.2 Å². The molecule has 0 aliphatic heterocycles. The van der Waals surface area contributed by atoms with Crippen molar-refractivity contribution in [3.8, 4) is 0 Å². The SMILES string of the molecule is CCN(C)CN(C)C.CCOCC(O)CN(C)C. The third kappa shape index (κ3) is 18.2. The Kier molecular flexibility index (Phi) is 14.8. The summed E-state index contributed by atoms with van der Waals surface area (Å²) < 4.78 is 5.02. The van der Waals surface area contributed by atoms with Crippen LogP contribution in [0.3, 0.4) is 0 Å². The van der Waals surface area contributed by atoms with Gasteiger partial charge in [0.2, 0.25) is 0 Å². The average molecular weight is 263 g/mol. The summed E-state index contributed by atoms with van der Waals surface area (Å²) in [7, 11) is 10.1. The molecule has 0 aliphatic carbocycles. The van der Waals surface area contributed by atoms with Crippen molar-refractivity contribution < 1.29 is 9.84 Å². The molecule has 0 fully saturated rings. The van der Waals surface area contributed by atoms with Crippen LogP contribution in [0.25, 0.3) is 0 Å². The van der Waals surface area contributed by atoms with Crippen LogP contribution < -0.4 is 0 Å². The first-order chi connectivity index (χ1) is 8.33. The lowest BCUT2D eigenvalue weighted by Crippen LogP contribution is -2.29. The number of likely N-dealkylation sites (N-methyl/N-ethyl adjacent to an activating group) is 1. The van der Waals surface area contributed by atoms with Gasteiger partial charge in [-0.05, 0) is 48.7 Å². The highest BCUT2D eigenvalue weighted by molar-refractivity contribution is 4.56. The standard InChI is InChI=1S/C7H17NO2.C6H16N2/c1-4-10-6-7(9)5-8(2)3;1-5-8(4)6-7(2)3/h7,9H,4-6H2,1-3H3;5-6H2,1-4H3. The molecule has 0 amide bonds. The topological polar surface area (TPSA) is 39.2 Å². The number of hydrogen-bond acceptors (Lipinski definition) is 5. The number of aliphatic hydroxyl groups excluding tert-OH is 1. The molecule has 1 unspecified atom stereocenters. The van der Waals surface area contributed by atoms with Gasteiger partial charge < -0.3 is 14.7 Å². The van der Waals surface area contributed by atoms with Crippen LogP contribution in [-0.4, -0.2) is 94.1 Å². The molecule has 0 heterocycles. The fourth-order valence-corrected chi connectivity index (χ4v) is 1.31. The molecule has 0 rings (SSSR count). The second-order valence-electron chi connectivity index (χ2n) is 4.97. The first-order valence-electron chi connectivity index (χ1n) is 6.57. The highest BCUT2D eigenvalue weighted by atomic mass is 16.5. The summed E-state index contributed by atoms with van der Waals surface area (Å²) >= 11 is 0. The van der Waals surface area contributed by atoms with Crippen LogP contribution in [0.2, 0.25) is 0 Å². The van der Waals surface area contributed by atoms with Crippen molar-refractivity contribution in [2.24, 2.45) is 0 Å². The van der Waals surface area contributed by atoms with Crippen molar-refractivity contribution in [3.05, 3.63) is 0 Å². The van der Waals surface area contributed by atoms with E-state index in [9.17, 15) is 5.11 Å². The maximum Gasteiger partial charge on any atom is 0.0899 e. The van der Waals surface area contributed by atoms with Gasteiger partial charge in [-0.2, -0.15) is 0 Å². The smallest absolute Gasteiger partial charge is 0.0899 e. The molecule has 0 aromatic carbocycles. The Bertz CT molecular complexity index is 166. The molecule has 0 aliphatic rings. The van der Waals surface area contributed by atoms with Crippen molar-refractivity contribution in [1.29, 1.82) is 0 Å². The Morgan fingerprint density at radius 1 is 1.00 bits per heavy atom. The zero-order chi connectivity index (χ0) is 14.6. The quantitative estimate of drug-likeness (QED) is 0.642. The number of ether oxygens (including phenoxy) is 1. The minimum absolute atomic E-state index is 0.352. The Morgan fingerprint density at radius 2 is 1.56 bits per heavy atom. The molecule has 0 aromatic rings. The van der Waals surface area contributed by atoms with Crippen LogP contribution in [0.4, 0.5) is 0 Å². The summed E-state index contributed by atoms with van der Waals surface area (Å²) in [5.41, 5.74) is 0. The lowest BCUT2D eigenvalue weighted by atomic mass is 10.3. The van der Waals surface area contributed by atoms with Crippen molar-refractivity contribution in [1.82, 2.24) is 14.7 Å². The minimum Gasteiger partial charge on any atom is -0.389 e. The molecular formula is C13H33N3O2. The van der Waals surface area contributed by atoms with Crippen LogP contribution in [0.5, 0.6) is 0 Å². The number of nitrogens with zero attached hydrogens (tertiary/aromatic N) is 3. The summed E-state index contributed by atoms with van der Waals surface area (Å²) in [4.78, 5) is 6.34. The summed E-state index contributed by atoms with van der Waals surface area (Å²) in [5.74, 6) is 0. The second-order valence-corrected chi connectivity index (χ2v) is 4.97. The van der Waals surface area contributed by atoms with Crippen molar-refractivity contribution in [2.45, 2.75) is 20.0 Å². The zero-order valence-electron chi connectivity index (χ0n) is 13.3. The van der Waals surface area contributed by atoms with Crippen molar-refractivity contribution in [3.63, 3.8) is 0 Å². The average Bonchev–Trinajstić information content (AvgIpc) is 2.25. The van der Waals surface area contributed by atoms with Gasteiger partial charge in [0.05, 0.1) is 12.7 Å². The summed E-state index contributed by atoms with van der Waals surface area (Å²) in [6.07, 6.45) is -0.352. The highest BCUT2D eigenvalue weighted by Gasteiger charge is 2.03. The van der Waals surface area contributed by atoms with Gasteiger partial charge in [0, 0.05) is 19.8 Å². The molecule has 5 nitrogen and oxygen atoms in total. The van der Waals surface area contributed by atoms with Gasteiger partial charge in [-0.15, -0.1) is 0 Å². The Hall–Kier alpha value is -0.200. The molecule has 0 saturated carbocycles. The molecule has 0 bridgehead atoms. The number of rotatable bonds is 8. The Balaban J connectivity index is 0. The molecule has 1 N–H and O–H groups in total. The van der Waals surface area contributed by atoms with Gasteiger partial charge in [-0.1, -0.05) is 6.92 Å². The third-order valence-corrected chi connectivity index (χ3v) is 2.15. The Labute approximate surface area is 113 Å². The van der Waals surface area contributed by atoms with Gasteiger partial charge in [0.25, 0.3) is 0 Å². The summed E-state index contributed by atoms with van der Waals surface area (Å²) in [5, 5.41) is 9.18. The molecular weight excluding hydrogens is 230 g/mol. The fourth-order valence-electron chi connectivity index (χ4n) is 1.31. The van der Waals surface area contributed by atoms with E-state index in [1.165, 1.54) is 0 Å². The number of aliphatic hydroxyl groups is 1. The normalized spacial score (nSPS) is 12.8. The maximum atomic E-state index is 9.18. The van der Waals surface area contributed by atoms with Crippen LogP contribution in [0.1, 0.15) is 13.8 Å². The second kappa shape index (κ2) is 13.2. The molecule has 5 heteroatoms. The maximum absolute atomic E-state index is 9.18. The largest absolute Gasteiger partial charge is 0.389 e. The monoisotopic (exact) mass is 263 g/mol. The van der Waals surface area contributed by atoms with E-state index in [2.05, 4.69) is 37.9 Å². The fraction of sp³-hybridized carbons (Fsp3) is 1.00. The Morgan fingerprint density at radius 3 is 1.83 bits per heavy atom. The summed E-state index contributed by atoms with van der Waals surface area (Å²) in [6, 6.07) is 0. The van der Waals surface area contributed by atoms with E-state index >= 15 is 0 Å². The van der Waals surface area contributed by atoms with E-state index < -0.39 is 0 Å². The zero-order valence-corrected chi connectivity index (χ0v) is 13.3. The van der Waals surface area contributed by atoms with E-state index in [0.29, 0.717) is 19.8 Å². The number of hydrogen-bond donors (Lipinski definition) is 1. The molecule has 0 aromatic heterocycles. The van der Waals surface area contributed by atoms with Crippen molar-refractivity contribution >= 4 is 0 Å². The van der Waals surface area contributed by atoms with E-state index in [-0.39, 0.29) is 6.10 Å². The predicted molar refractivity (Wildman–Crippen MR) is 77.9 cm³/mol. The molecule has 0 radical (unpaired) electrons. The minimum atomic E-state index is -0.352. The molecule has 1 atom stereocenters. The highest BCUT2D eigenvalue weighted by Crippen LogP contribution is 1.87. The van der Waals surface area contributed by atoms with Crippen LogP contribution in [0, 0.1) is 0 Å². The van der Waals surface area contributed by atoms with E-state index in [4.69, 9.17) is 4.74 Å². The van der Waals surface area contributed by atoms with E-state index in [1.54, 1.807) is 0 Å². The van der Waals surface area contributed by atoms with Crippen LogP contribution in [-0.2, 0) is 4.74 Å². The predicted octanol–water partition coefficient (Wildman–Crippen LogP) is 0.403. The van der Waals surface area contributed by atoms with Crippen LogP contribution in [0.15, 0.2) is 0 Å². The molecule has 18 heavy (non-hydrogen) atoms. The van der Waals surface area contributed by atoms with Gasteiger partial charge in [0.15, 0.2) is 0 Å². The molecule has 0 saturated heterocycles. The first kappa shape index (κ1) is 20.1. The van der Waals surface area contributed by atoms with Gasteiger partial charge in [-0.3, -0.25) is 9.80 Å². The van der Waals surface area contributed by atoms with Gasteiger partial charge >= 0.3 is 0 Å². The lowest BCUT2D eigenvalue weighted by Gasteiger charge is -2.18. The van der Waals surface area contributed by atoms with E-state index in [1.807, 2.05) is 25.9 Å².